The maximum atomic E-state index is 12.8. The first kappa shape index (κ1) is 21.6. The van der Waals surface area contributed by atoms with Gasteiger partial charge in [0.05, 0.1) is 17.2 Å². The van der Waals surface area contributed by atoms with E-state index >= 15 is 0 Å². The Labute approximate surface area is 175 Å². The zero-order chi connectivity index (χ0) is 22.1. The van der Waals surface area contributed by atoms with E-state index in [2.05, 4.69) is 5.10 Å². The number of halogens is 4. The molecule has 0 saturated carbocycles. The minimum atomic E-state index is -4.48. The Balaban J connectivity index is 1.82. The molecule has 0 bridgehead atoms. The molecule has 1 N–H and O–H groups in total. The van der Waals surface area contributed by atoms with Gasteiger partial charge in [0, 0.05) is 16.3 Å². The molecule has 9 heteroatoms. The van der Waals surface area contributed by atoms with E-state index < -0.39 is 29.5 Å². The fourth-order valence-electron chi connectivity index (χ4n) is 3.00. The van der Waals surface area contributed by atoms with Crippen LogP contribution in [-0.2, 0) is 15.8 Å². The highest BCUT2D eigenvalue weighted by atomic mass is 35.5. The minimum absolute atomic E-state index is 0.111. The molecule has 2 aromatic carbocycles. The summed E-state index contributed by atoms with van der Waals surface area (Å²) in [6.07, 6.45) is -3.37. The van der Waals surface area contributed by atoms with Crippen LogP contribution in [0.5, 0.6) is 0 Å². The van der Waals surface area contributed by atoms with Crippen molar-refractivity contribution in [3.8, 4) is 0 Å². The first-order chi connectivity index (χ1) is 14.1. The molecule has 0 fully saturated rings. The highest BCUT2D eigenvalue weighted by Gasteiger charge is 2.36. The van der Waals surface area contributed by atoms with Crippen LogP contribution < -0.4 is 5.01 Å². The van der Waals surface area contributed by atoms with Gasteiger partial charge in [-0.1, -0.05) is 23.7 Å². The fourth-order valence-corrected chi connectivity index (χ4v) is 3.13. The number of nitrogens with zero attached hydrogens (tertiary/aromatic N) is 2. The van der Waals surface area contributed by atoms with Crippen molar-refractivity contribution < 1.29 is 27.9 Å². The quantitative estimate of drug-likeness (QED) is 0.650. The number of amides is 1. The van der Waals surface area contributed by atoms with Gasteiger partial charge in [-0.25, -0.2) is 9.80 Å². The molecule has 0 saturated heterocycles. The average molecular weight is 437 g/mol. The van der Waals surface area contributed by atoms with Crippen LogP contribution in [0.3, 0.4) is 0 Å². The number of carbonyl (C=O) groups is 2. The molecule has 2 aromatic rings. The summed E-state index contributed by atoms with van der Waals surface area (Å²) in [5.74, 6) is -2.45. The van der Waals surface area contributed by atoms with Gasteiger partial charge < -0.3 is 5.11 Å². The van der Waals surface area contributed by atoms with Gasteiger partial charge in [-0.3, -0.25) is 4.79 Å². The summed E-state index contributed by atoms with van der Waals surface area (Å²) in [6.45, 7) is 1.62. The molecule has 1 aliphatic rings. The van der Waals surface area contributed by atoms with E-state index in [0.717, 1.165) is 12.1 Å². The number of alkyl halides is 3. The zero-order valence-electron chi connectivity index (χ0n) is 15.7. The molecule has 1 amide bonds. The van der Waals surface area contributed by atoms with Gasteiger partial charge in [0.15, 0.2) is 0 Å². The van der Waals surface area contributed by atoms with E-state index in [4.69, 9.17) is 11.6 Å². The molecule has 0 aromatic heterocycles. The summed E-state index contributed by atoms with van der Waals surface area (Å²) < 4.78 is 38.1. The summed E-state index contributed by atoms with van der Waals surface area (Å²) in [4.78, 5) is 24.5. The molecule has 3 rings (SSSR count). The molecule has 1 aliphatic heterocycles. The van der Waals surface area contributed by atoms with Crippen LogP contribution in [0.1, 0.15) is 24.5 Å². The molecule has 1 heterocycles. The number of carbonyl (C=O) groups excluding carboxylic acids is 1. The Bertz CT molecular complexity index is 1030. The minimum Gasteiger partial charge on any atom is -0.478 e. The predicted octanol–water partition coefficient (Wildman–Crippen LogP) is 5.26. The van der Waals surface area contributed by atoms with Crippen LogP contribution in [0.4, 0.5) is 18.9 Å². The SMILES string of the molecule is CC1=NN(c2ccc(Cl)cc2)C(=O)C1C/C(=C/c1ccc(C(F)(F)F)cc1)C(=O)O. The Morgan fingerprint density at radius 1 is 1.17 bits per heavy atom. The van der Waals surface area contributed by atoms with Crippen molar-refractivity contribution in [2.45, 2.75) is 19.5 Å². The van der Waals surface area contributed by atoms with Crippen LogP contribution in [0.25, 0.3) is 6.08 Å². The van der Waals surface area contributed by atoms with Crippen LogP contribution in [0.2, 0.25) is 5.02 Å². The number of hydrazone groups is 1. The normalized spacial score (nSPS) is 17.3. The monoisotopic (exact) mass is 436 g/mol. The van der Waals surface area contributed by atoms with Crippen LogP contribution >= 0.6 is 11.6 Å². The molecule has 0 spiro atoms. The number of anilines is 1. The molecule has 1 unspecified atom stereocenters. The number of aliphatic carboxylic acids is 1. The average Bonchev–Trinajstić information content (AvgIpc) is 2.96. The molecular formula is C21H16ClF3N2O3. The van der Waals surface area contributed by atoms with Crippen LogP contribution in [-0.4, -0.2) is 22.7 Å². The second kappa shape index (κ2) is 8.31. The van der Waals surface area contributed by atoms with Gasteiger partial charge in [-0.15, -0.1) is 0 Å². The Kier molecular flexibility index (Phi) is 5.98. The summed E-state index contributed by atoms with van der Waals surface area (Å²) >= 11 is 5.85. The van der Waals surface area contributed by atoms with E-state index in [1.807, 2.05) is 0 Å². The molecule has 1 atom stereocenters. The summed E-state index contributed by atoms with van der Waals surface area (Å²) in [6, 6.07) is 10.6. The summed E-state index contributed by atoms with van der Waals surface area (Å²) in [5.41, 5.74) is 0.282. The maximum Gasteiger partial charge on any atom is 0.416 e. The van der Waals surface area contributed by atoms with Crippen LogP contribution in [0, 0.1) is 5.92 Å². The Morgan fingerprint density at radius 2 is 1.77 bits per heavy atom. The standard InChI is InChI=1S/C21H16ClF3N2O3/c1-12-18(19(28)27(26-12)17-8-6-16(22)7-9-17)11-14(20(29)30)10-13-2-4-15(5-3-13)21(23,24)25/h2-10,18H,11H2,1H3,(H,29,30)/b14-10-. The number of hydrogen-bond donors (Lipinski definition) is 1. The summed E-state index contributed by atoms with van der Waals surface area (Å²) in [7, 11) is 0. The Morgan fingerprint density at radius 3 is 2.30 bits per heavy atom. The number of carboxylic acid groups (broad SMARTS) is 1. The van der Waals surface area contributed by atoms with E-state index in [9.17, 15) is 27.9 Å². The van der Waals surface area contributed by atoms with Crippen molar-refractivity contribution in [1.29, 1.82) is 0 Å². The van der Waals surface area contributed by atoms with Crippen LogP contribution in [0.15, 0.2) is 59.2 Å². The predicted molar refractivity (Wildman–Crippen MR) is 107 cm³/mol. The first-order valence-electron chi connectivity index (χ1n) is 8.82. The number of hydrogen-bond acceptors (Lipinski definition) is 3. The molecular weight excluding hydrogens is 421 g/mol. The van der Waals surface area contributed by atoms with Gasteiger partial charge in [0.25, 0.3) is 5.91 Å². The zero-order valence-corrected chi connectivity index (χ0v) is 16.4. The topological polar surface area (TPSA) is 70.0 Å². The highest BCUT2D eigenvalue weighted by Crippen LogP contribution is 2.31. The lowest BCUT2D eigenvalue weighted by Crippen LogP contribution is -2.28. The van der Waals surface area contributed by atoms with Crippen molar-refractivity contribution in [2.24, 2.45) is 11.0 Å². The van der Waals surface area contributed by atoms with E-state index in [-0.39, 0.29) is 17.6 Å². The van der Waals surface area contributed by atoms with Crippen molar-refractivity contribution in [3.05, 3.63) is 70.3 Å². The number of carboxylic acids is 1. The van der Waals surface area contributed by atoms with Crippen molar-refractivity contribution in [3.63, 3.8) is 0 Å². The number of rotatable bonds is 5. The molecule has 156 valence electrons. The third kappa shape index (κ3) is 4.71. The lowest BCUT2D eigenvalue weighted by atomic mass is 9.93. The van der Waals surface area contributed by atoms with Gasteiger partial charge in [0.2, 0.25) is 0 Å². The summed E-state index contributed by atoms with van der Waals surface area (Å²) in [5, 5.41) is 15.4. The lowest BCUT2D eigenvalue weighted by Gasteiger charge is -2.15. The van der Waals surface area contributed by atoms with Crippen molar-refractivity contribution in [1.82, 2.24) is 0 Å². The van der Waals surface area contributed by atoms with Gasteiger partial charge in [-0.05, 0) is 61.4 Å². The van der Waals surface area contributed by atoms with Gasteiger partial charge >= 0.3 is 12.1 Å². The number of benzene rings is 2. The second-order valence-electron chi connectivity index (χ2n) is 6.72. The molecule has 5 nitrogen and oxygen atoms in total. The smallest absolute Gasteiger partial charge is 0.416 e. The molecule has 0 radical (unpaired) electrons. The fraction of sp³-hybridized carbons (Fsp3) is 0.190. The van der Waals surface area contributed by atoms with Crippen molar-refractivity contribution >= 4 is 41.0 Å². The van der Waals surface area contributed by atoms with Gasteiger partial charge in [-0.2, -0.15) is 18.3 Å². The van der Waals surface area contributed by atoms with E-state index in [0.29, 0.717) is 16.4 Å². The second-order valence-corrected chi connectivity index (χ2v) is 7.16. The lowest BCUT2D eigenvalue weighted by molar-refractivity contribution is -0.137. The Hall–Kier alpha value is -3.13. The molecule has 30 heavy (non-hydrogen) atoms. The van der Waals surface area contributed by atoms with E-state index in [1.165, 1.54) is 23.2 Å². The largest absolute Gasteiger partial charge is 0.478 e. The first-order valence-corrected chi connectivity index (χ1v) is 9.20. The molecule has 0 aliphatic carbocycles. The highest BCUT2D eigenvalue weighted by molar-refractivity contribution is 6.30. The maximum absolute atomic E-state index is 12.8. The van der Waals surface area contributed by atoms with Gasteiger partial charge in [0.1, 0.15) is 0 Å². The van der Waals surface area contributed by atoms with E-state index in [1.54, 1.807) is 31.2 Å². The third-order valence-electron chi connectivity index (χ3n) is 4.62. The third-order valence-corrected chi connectivity index (χ3v) is 4.87. The van der Waals surface area contributed by atoms with Crippen molar-refractivity contribution in [2.75, 3.05) is 5.01 Å².